The second-order valence-corrected chi connectivity index (χ2v) is 9.25. The molecule has 3 aliphatic rings. The number of carboxylic acid groups (broad SMARTS) is 1. The summed E-state index contributed by atoms with van der Waals surface area (Å²) in [6.07, 6.45) is 1.39. The molecule has 0 atom stereocenters. The summed E-state index contributed by atoms with van der Waals surface area (Å²) in [5.41, 5.74) is 5.92. The number of piperidine rings is 1. The van der Waals surface area contributed by atoms with Gasteiger partial charge in [-0.05, 0) is 53.4 Å². The second-order valence-electron chi connectivity index (χ2n) is 9.25. The summed E-state index contributed by atoms with van der Waals surface area (Å²) in [6, 6.07) is 23.8. The molecule has 1 saturated heterocycles. The number of anilines is 2. The van der Waals surface area contributed by atoms with Gasteiger partial charge >= 0.3 is 5.97 Å². The van der Waals surface area contributed by atoms with Crippen molar-refractivity contribution in [2.45, 2.75) is 19.4 Å². The quantitative estimate of drug-likeness (QED) is 0.440. The minimum atomic E-state index is -0.669. The van der Waals surface area contributed by atoms with Crippen LogP contribution in [-0.4, -0.2) is 30.0 Å². The number of aliphatic carboxylic acids is 1. The zero-order valence-corrected chi connectivity index (χ0v) is 18.2. The van der Waals surface area contributed by atoms with E-state index in [2.05, 4.69) is 76.5 Å². The molecule has 4 aromatic carbocycles. The van der Waals surface area contributed by atoms with Crippen molar-refractivity contribution in [3.05, 3.63) is 77.9 Å². The fourth-order valence-corrected chi connectivity index (χ4v) is 5.87. The van der Waals surface area contributed by atoms with Crippen molar-refractivity contribution in [1.82, 2.24) is 0 Å². The smallest absolute Gasteiger partial charge is 0.306 e. The van der Waals surface area contributed by atoms with Crippen LogP contribution < -0.4 is 9.80 Å². The molecule has 0 unspecified atom stereocenters. The summed E-state index contributed by atoms with van der Waals surface area (Å²) in [5.74, 6) is 0.118. The van der Waals surface area contributed by atoms with Crippen LogP contribution in [0.15, 0.2) is 71.7 Å². The van der Waals surface area contributed by atoms with Gasteiger partial charge in [0.25, 0.3) is 0 Å². The Morgan fingerprint density at radius 2 is 1.67 bits per heavy atom. The maximum atomic E-state index is 11.4. The number of amidine groups is 1. The fourth-order valence-electron chi connectivity index (χ4n) is 5.87. The lowest BCUT2D eigenvalue weighted by Gasteiger charge is -2.37. The van der Waals surface area contributed by atoms with Gasteiger partial charge in [-0.25, -0.2) is 4.99 Å². The molecule has 5 nitrogen and oxygen atoms in total. The van der Waals surface area contributed by atoms with Gasteiger partial charge in [0.05, 0.1) is 23.8 Å². The van der Waals surface area contributed by atoms with Crippen LogP contribution in [0, 0.1) is 5.92 Å². The van der Waals surface area contributed by atoms with Gasteiger partial charge in [-0.3, -0.25) is 4.79 Å². The van der Waals surface area contributed by atoms with E-state index in [0.29, 0.717) is 12.8 Å². The molecule has 0 saturated carbocycles. The summed E-state index contributed by atoms with van der Waals surface area (Å²) in [5, 5.41) is 14.3. The summed E-state index contributed by atoms with van der Waals surface area (Å²) < 4.78 is 0. The molecule has 1 fully saturated rings. The van der Waals surface area contributed by atoms with Crippen LogP contribution in [-0.2, 0) is 11.3 Å². The Morgan fingerprint density at radius 3 is 2.48 bits per heavy atom. The Labute approximate surface area is 191 Å². The molecule has 1 N–H and O–H groups in total. The van der Waals surface area contributed by atoms with Gasteiger partial charge in [0.1, 0.15) is 5.84 Å². The van der Waals surface area contributed by atoms with Gasteiger partial charge < -0.3 is 14.9 Å². The monoisotopic (exact) mass is 433 g/mol. The van der Waals surface area contributed by atoms with E-state index >= 15 is 0 Å². The van der Waals surface area contributed by atoms with Crippen LogP contribution in [0.25, 0.3) is 21.5 Å². The van der Waals surface area contributed by atoms with E-state index in [0.717, 1.165) is 31.2 Å². The first-order valence-electron chi connectivity index (χ1n) is 11.6. The number of fused-ring (bicyclic) bond motifs is 3. The van der Waals surface area contributed by atoms with Crippen molar-refractivity contribution >= 4 is 50.4 Å². The molecule has 3 heterocycles. The largest absolute Gasteiger partial charge is 0.481 e. The number of nitrogens with zero attached hydrogens (tertiary/aromatic N) is 3. The third-order valence-electron chi connectivity index (χ3n) is 7.49. The van der Waals surface area contributed by atoms with Gasteiger partial charge in [0.2, 0.25) is 0 Å². The van der Waals surface area contributed by atoms with E-state index in [4.69, 9.17) is 4.99 Å². The molecular formula is C28H23N3O2. The molecule has 162 valence electrons. The van der Waals surface area contributed by atoms with Gasteiger partial charge in [-0.1, -0.05) is 42.5 Å². The normalized spacial score (nSPS) is 17.3. The molecule has 33 heavy (non-hydrogen) atoms. The molecular weight excluding hydrogens is 410 g/mol. The Hall–Kier alpha value is -3.86. The minimum Gasteiger partial charge on any atom is -0.481 e. The van der Waals surface area contributed by atoms with E-state index in [1.165, 1.54) is 44.0 Å². The van der Waals surface area contributed by atoms with Gasteiger partial charge in [-0.15, -0.1) is 0 Å². The van der Waals surface area contributed by atoms with Crippen molar-refractivity contribution in [3.63, 3.8) is 0 Å². The molecule has 3 aliphatic heterocycles. The van der Waals surface area contributed by atoms with Crippen LogP contribution >= 0.6 is 0 Å². The molecule has 7 rings (SSSR count). The van der Waals surface area contributed by atoms with E-state index in [9.17, 15) is 9.90 Å². The zero-order valence-electron chi connectivity index (χ0n) is 18.2. The van der Waals surface area contributed by atoms with Crippen LogP contribution in [0.4, 0.5) is 17.1 Å². The topological polar surface area (TPSA) is 56.1 Å². The van der Waals surface area contributed by atoms with Crippen LogP contribution in [0.5, 0.6) is 0 Å². The van der Waals surface area contributed by atoms with Crippen molar-refractivity contribution < 1.29 is 9.90 Å². The molecule has 0 bridgehead atoms. The van der Waals surface area contributed by atoms with E-state index in [1.807, 2.05) is 0 Å². The highest BCUT2D eigenvalue weighted by Gasteiger charge is 2.31. The SMILES string of the molecule is O=C(O)C1CCN(c2ccc3c4c(cccc24)CN2C3=Nc3cccc4cccc2c34)CC1. The highest BCUT2D eigenvalue weighted by Crippen LogP contribution is 2.45. The Balaban J connectivity index is 1.38. The zero-order chi connectivity index (χ0) is 22.1. The fraction of sp³-hybridized carbons (Fsp3) is 0.214. The molecule has 0 aliphatic carbocycles. The third-order valence-corrected chi connectivity index (χ3v) is 7.49. The average Bonchev–Trinajstić information content (AvgIpc) is 2.85. The molecule has 0 aromatic heterocycles. The van der Waals surface area contributed by atoms with E-state index in [1.54, 1.807) is 0 Å². The van der Waals surface area contributed by atoms with E-state index < -0.39 is 5.97 Å². The first-order valence-corrected chi connectivity index (χ1v) is 11.6. The standard InChI is InChI=1S/C28H23N3O2/c32-28(33)18-12-14-30(15-13-18)23-11-10-21-25-19(6-1-7-20(23)25)16-31-24-9-3-5-17-4-2-8-22(26(17)24)29-27(21)31/h1-11,18H,12-16H2,(H,32,33). The van der Waals surface area contributed by atoms with Gasteiger partial charge in [0.15, 0.2) is 0 Å². The molecule has 0 amide bonds. The van der Waals surface area contributed by atoms with Crippen molar-refractivity contribution in [3.8, 4) is 0 Å². The maximum Gasteiger partial charge on any atom is 0.306 e. The molecule has 5 heteroatoms. The average molecular weight is 434 g/mol. The number of carboxylic acids is 1. The second kappa shape index (κ2) is 6.82. The van der Waals surface area contributed by atoms with Gasteiger partial charge in [-0.2, -0.15) is 0 Å². The number of aliphatic imine (C=N–C) groups is 1. The number of carbonyl (C=O) groups is 1. The first kappa shape index (κ1) is 18.7. The summed E-state index contributed by atoms with van der Waals surface area (Å²) in [4.78, 5) is 21.2. The number of hydrogen-bond donors (Lipinski definition) is 1. The Bertz CT molecular complexity index is 1490. The predicted octanol–water partition coefficient (Wildman–Crippen LogP) is 5.71. The number of rotatable bonds is 2. The number of benzene rings is 4. The Kier molecular flexibility index (Phi) is 3.86. The summed E-state index contributed by atoms with van der Waals surface area (Å²) in [7, 11) is 0. The highest BCUT2D eigenvalue weighted by atomic mass is 16.4. The van der Waals surface area contributed by atoms with E-state index in [-0.39, 0.29) is 5.92 Å². The maximum absolute atomic E-state index is 11.4. The predicted molar refractivity (Wildman–Crippen MR) is 133 cm³/mol. The lowest BCUT2D eigenvalue weighted by atomic mass is 9.90. The van der Waals surface area contributed by atoms with Crippen molar-refractivity contribution in [2.75, 3.05) is 22.9 Å². The van der Waals surface area contributed by atoms with Gasteiger partial charge in [0, 0.05) is 35.1 Å². The van der Waals surface area contributed by atoms with Crippen molar-refractivity contribution in [2.24, 2.45) is 10.9 Å². The summed E-state index contributed by atoms with van der Waals surface area (Å²) in [6.45, 7) is 2.34. The molecule has 0 spiro atoms. The lowest BCUT2D eigenvalue weighted by molar-refractivity contribution is -0.142. The van der Waals surface area contributed by atoms with Crippen LogP contribution in [0.2, 0.25) is 0 Å². The molecule has 4 aromatic rings. The van der Waals surface area contributed by atoms with Crippen LogP contribution in [0.3, 0.4) is 0 Å². The molecule has 0 radical (unpaired) electrons. The highest BCUT2D eigenvalue weighted by molar-refractivity contribution is 6.26. The van der Waals surface area contributed by atoms with Crippen molar-refractivity contribution in [1.29, 1.82) is 0 Å². The van der Waals surface area contributed by atoms with Crippen LogP contribution in [0.1, 0.15) is 24.0 Å². The summed E-state index contributed by atoms with van der Waals surface area (Å²) >= 11 is 0. The third kappa shape index (κ3) is 2.65. The number of hydrogen-bond acceptors (Lipinski definition) is 4. The first-order chi connectivity index (χ1) is 16.2. The lowest BCUT2D eigenvalue weighted by Crippen LogP contribution is -2.37. The minimum absolute atomic E-state index is 0.228. The Morgan fingerprint density at radius 1 is 0.879 bits per heavy atom.